The third-order valence-electron chi connectivity index (χ3n) is 3.05. The molecular weight excluding hydrogens is 286 g/mol. The van der Waals surface area contributed by atoms with Gasteiger partial charge in [0.25, 0.3) is 0 Å². The fourth-order valence-electron chi connectivity index (χ4n) is 1.92. The fourth-order valence-corrected chi connectivity index (χ4v) is 5.27. The molecule has 1 heterocycles. The first-order valence-corrected chi connectivity index (χ1v) is 9.17. The number of hydrogen-bond donors (Lipinski definition) is 1. The van der Waals surface area contributed by atoms with Gasteiger partial charge in [0, 0.05) is 24.1 Å². The van der Waals surface area contributed by atoms with Crippen LogP contribution in [0.3, 0.4) is 0 Å². The maximum absolute atomic E-state index is 12.3. The summed E-state index contributed by atoms with van der Waals surface area (Å²) in [6, 6.07) is -0.402. The number of thioether (sulfide) groups is 1. The Morgan fingerprint density at radius 1 is 1.42 bits per heavy atom. The van der Waals surface area contributed by atoms with Crippen LogP contribution in [0.2, 0.25) is 0 Å². The van der Waals surface area contributed by atoms with Crippen LogP contribution < -0.4 is 0 Å². The molecular formula is C12H23NO4S2. The van der Waals surface area contributed by atoms with E-state index >= 15 is 0 Å². The zero-order valence-electron chi connectivity index (χ0n) is 11.8. The van der Waals surface area contributed by atoms with Crippen LogP contribution in [0.5, 0.6) is 0 Å². The van der Waals surface area contributed by atoms with Crippen molar-refractivity contribution < 1.29 is 18.3 Å². The molecule has 7 heteroatoms. The average Bonchev–Trinajstić information content (AvgIpc) is 2.25. The van der Waals surface area contributed by atoms with E-state index in [9.17, 15) is 13.2 Å². The summed E-state index contributed by atoms with van der Waals surface area (Å²) in [4.78, 5) is 10.8. The van der Waals surface area contributed by atoms with Crippen molar-refractivity contribution in [3.05, 3.63) is 0 Å². The highest BCUT2D eigenvalue weighted by atomic mass is 32.2. The van der Waals surface area contributed by atoms with E-state index in [1.165, 1.54) is 4.31 Å². The summed E-state index contributed by atoms with van der Waals surface area (Å²) in [7, 11) is -3.35. The molecule has 0 bridgehead atoms. The minimum Gasteiger partial charge on any atom is -0.481 e. The van der Waals surface area contributed by atoms with Crippen LogP contribution in [0.1, 0.15) is 33.6 Å². The molecule has 1 rings (SSSR count). The molecule has 0 radical (unpaired) electrons. The molecule has 0 saturated carbocycles. The Hall–Kier alpha value is -0.270. The number of sulfonamides is 1. The molecule has 1 fully saturated rings. The molecule has 0 aromatic carbocycles. The van der Waals surface area contributed by atoms with Crippen LogP contribution in [0.4, 0.5) is 0 Å². The zero-order valence-corrected chi connectivity index (χ0v) is 13.4. The molecule has 1 aliphatic heterocycles. The second kappa shape index (κ2) is 6.45. The van der Waals surface area contributed by atoms with Gasteiger partial charge in [0.05, 0.1) is 12.2 Å². The van der Waals surface area contributed by atoms with Crippen molar-refractivity contribution in [1.82, 2.24) is 4.31 Å². The Morgan fingerprint density at radius 3 is 2.58 bits per heavy atom. The lowest BCUT2D eigenvalue weighted by atomic mass is 9.94. The lowest BCUT2D eigenvalue weighted by Gasteiger charge is -2.34. The SMILES string of the molecule is CC(C)(C)CCS(=O)(=O)N1CCSCC1CC(=O)O. The van der Waals surface area contributed by atoms with Crippen molar-refractivity contribution in [3.63, 3.8) is 0 Å². The van der Waals surface area contributed by atoms with Crippen molar-refractivity contribution in [2.24, 2.45) is 5.41 Å². The first-order chi connectivity index (χ1) is 8.62. The molecule has 0 aromatic rings. The Morgan fingerprint density at radius 2 is 2.05 bits per heavy atom. The number of nitrogens with zero attached hydrogens (tertiary/aromatic N) is 1. The van der Waals surface area contributed by atoms with Crippen molar-refractivity contribution in [3.8, 4) is 0 Å². The second-order valence-corrected chi connectivity index (χ2v) is 9.25. The first-order valence-electron chi connectivity index (χ1n) is 6.41. The highest BCUT2D eigenvalue weighted by Gasteiger charge is 2.34. The lowest BCUT2D eigenvalue weighted by Crippen LogP contribution is -2.48. The minimum atomic E-state index is -3.35. The van der Waals surface area contributed by atoms with Crippen LogP contribution >= 0.6 is 11.8 Å². The van der Waals surface area contributed by atoms with Crippen LogP contribution in [0, 0.1) is 5.41 Å². The van der Waals surface area contributed by atoms with E-state index in [2.05, 4.69) is 0 Å². The van der Waals surface area contributed by atoms with E-state index in [1.807, 2.05) is 20.8 Å². The molecule has 1 unspecified atom stereocenters. The number of carboxylic acid groups (broad SMARTS) is 1. The molecule has 0 aromatic heterocycles. The van der Waals surface area contributed by atoms with Gasteiger partial charge in [-0.2, -0.15) is 16.1 Å². The summed E-state index contributed by atoms with van der Waals surface area (Å²) in [6.45, 7) is 6.44. The summed E-state index contributed by atoms with van der Waals surface area (Å²) < 4.78 is 26.1. The summed E-state index contributed by atoms with van der Waals surface area (Å²) in [6.07, 6.45) is 0.473. The quantitative estimate of drug-likeness (QED) is 0.835. The van der Waals surface area contributed by atoms with E-state index < -0.39 is 22.0 Å². The predicted molar refractivity (Wildman–Crippen MR) is 77.9 cm³/mol. The predicted octanol–water partition coefficient (Wildman–Crippen LogP) is 1.64. The summed E-state index contributed by atoms with van der Waals surface area (Å²) in [5.41, 5.74) is -0.0418. The lowest BCUT2D eigenvalue weighted by molar-refractivity contribution is -0.137. The van der Waals surface area contributed by atoms with Gasteiger partial charge in [-0.25, -0.2) is 8.42 Å². The van der Waals surface area contributed by atoms with Crippen LogP contribution in [0.15, 0.2) is 0 Å². The smallest absolute Gasteiger partial charge is 0.305 e. The molecule has 0 amide bonds. The highest BCUT2D eigenvalue weighted by molar-refractivity contribution is 7.99. The van der Waals surface area contributed by atoms with Gasteiger partial charge >= 0.3 is 5.97 Å². The molecule has 1 aliphatic rings. The van der Waals surface area contributed by atoms with E-state index in [0.29, 0.717) is 18.7 Å². The minimum absolute atomic E-state index is 0.0418. The van der Waals surface area contributed by atoms with Gasteiger partial charge in [0.1, 0.15) is 0 Å². The number of rotatable bonds is 5. The maximum Gasteiger partial charge on any atom is 0.305 e. The van der Waals surface area contributed by atoms with Crippen LogP contribution in [0.25, 0.3) is 0 Å². The van der Waals surface area contributed by atoms with Crippen molar-refractivity contribution in [2.75, 3.05) is 23.8 Å². The molecule has 1 atom stereocenters. The maximum atomic E-state index is 12.3. The van der Waals surface area contributed by atoms with Crippen molar-refractivity contribution in [1.29, 1.82) is 0 Å². The second-order valence-electron chi connectivity index (χ2n) is 6.06. The van der Waals surface area contributed by atoms with Gasteiger partial charge in [0.15, 0.2) is 0 Å². The van der Waals surface area contributed by atoms with Gasteiger partial charge in [0.2, 0.25) is 10.0 Å². The molecule has 112 valence electrons. The number of carboxylic acids is 1. The molecule has 0 aliphatic carbocycles. The number of hydrogen-bond acceptors (Lipinski definition) is 4. The molecule has 0 spiro atoms. The van der Waals surface area contributed by atoms with Gasteiger partial charge in [-0.1, -0.05) is 20.8 Å². The Balaban J connectivity index is 2.75. The number of carbonyl (C=O) groups is 1. The largest absolute Gasteiger partial charge is 0.481 e. The van der Waals surface area contributed by atoms with E-state index in [0.717, 1.165) is 5.75 Å². The van der Waals surface area contributed by atoms with Gasteiger partial charge < -0.3 is 5.11 Å². The monoisotopic (exact) mass is 309 g/mol. The van der Waals surface area contributed by atoms with E-state index in [1.54, 1.807) is 11.8 Å². The normalized spacial score (nSPS) is 22.4. The third-order valence-corrected chi connectivity index (χ3v) is 6.06. The topological polar surface area (TPSA) is 74.7 Å². The fraction of sp³-hybridized carbons (Fsp3) is 0.917. The summed E-state index contributed by atoms with van der Waals surface area (Å²) in [5, 5.41) is 8.88. The molecule has 5 nitrogen and oxygen atoms in total. The zero-order chi connectivity index (χ0) is 14.7. The molecule has 1 saturated heterocycles. The van der Waals surface area contributed by atoms with Crippen molar-refractivity contribution in [2.45, 2.75) is 39.7 Å². The Labute approximate surface area is 119 Å². The first kappa shape index (κ1) is 16.8. The Kier molecular flexibility index (Phi) is 5.70. The standard InChI is InChI=1S/C12H23NO4S2/c1-12(2,3)4-7-19(16,17)13-5-6-18-9-10(13)8-11(14)15/h10H,4-9H2,1-3H3,(H,14,15). The van der Waals surface area contributed by atoms with E-state index in [4.69, 9.17) is 5.11 Å². The van der Waals surface area contributed by atoms with Gasteiger partial charge in [-0.05, 0) is 11.8 Å². The Bertz CT molecular complexity index is 414. The average molecular weight is 309 g/mol. The molecule has 19 heavy (non-hydrogen) atoms. The van der Waals surface area contributed by atoms with Crippen LogP contribution in [-0.4, -0.2) is 53.6 Å². The highest BCUT2D eigenvalue weighted by Crippen LogP contribution is 2.25. The van der Waals surface area contributed by atoms with Gasteiger partial charge in [-0.15, -0.1) is 0 Å². The third kappa shape index (κ3) is 5.71. The molecule has 1 N–H and O–H groups in total. The summed E-state index contributed by atoms with van der Waals surface area (Å²) in [5.74, 6) is 0.465. The van der Waals surface area contributed by atoms with Crippen LogP contribution in [-0.2, 0) is 14.8 Å². The van der Waals surface area contributed by atoms with E-state index in [-0.39, 0.29) is 17.6 Å². The van der Waals surface area contributed by atoms with Gasteiger partial charge in [-0.3, -0.25) is 4.79 Å². The van der Waals surface area contributed by atoms with Crippen molar-refractivity contribution >= 4 is 27.8 Å². The summed E-state index contributed by atoms with van der Waals surface area (Å²) >= 11 is 1.62. The number of aliphatic carboxylic acids is 1.